The van der Waals surface area contributed by atoms with Crippen LogP contribution >= 0.6 is 0 Å². The first-order chi connectivity index (χ1) is 41.8. The van der Waals surface area contributed by atoms with Gasteiger partial charge in [-0.05, 0) is 141 Å². The van der Waals surface area contributed by atoms with Crippen LogP contribution in [0.1, 0.15) is 148 Å². The number of oxime groups is 2. The fourth-order valence-electron chi connectivity index (χ4n) is 8.10. The number of nitrogens with zero attached hydrogens (tertiary/aromatic N) is 17. The van der Waals surface area contributed by atoms with Gasteiger partial charge < -0.3 is 76.2 Å². The molecular weight excluding hydrogens is 1110 g/mol. The fraction of sp³-hybridized carbons (Fsp3) is 0.823. The molecule has 26 nitrogen and oxygen atoms in total. The van der Waals surface area contributed by atoms with E-state index in [1.807, 2.05) is 74.6 Å². The minimum Gasteiger partial charge on any atom is -0.409 e. The van der Waals surface area contributed by atoms with Crippen LogP contribution in [0.5, 0.6) is 0 Å². The molecule has 10 N–H and O–H groups in total. The molecule has 0 saturated carbocycles. The Morgan fingerprint density at radius 1 is 0.511 bits per heavy atom. The topological polar surface area (TPSA) is 302 Å². The first-order valence-corrected chi connectivity index (χ1v) is 32.3. The molecule has 0 amide bonds. The third-order valence-electron chi connectivity index (χ3n) is 14.7. The quantitative estimate of drug-likeness (QED) is 0.0570. The fourth-order valence-corrected chi connectivity index (χ4v) is 8.10. The Bertz CT molecular complexity index is 2060. The van der Waals surface area contributed by atoms with Gasteiger partial charge in [-0.25, -0.2) is 0 Å². The molecule has 0 radical (unpaired) electrons. The Kier molecular flexibility index (Phi) is 54.6. The van der Waals surface area contributed by atoms with Gasteiger partial charge in [-0.2, -0.15) is 0 Å². The van der Waals surface area contributed by atoms with E-state index in [0.717, 1.165) is 161 Å². The highest BCUT2D eigenvalue weighted by molar-refractivity contribution is 5.83. The predicted octanol–water partition coefficient (Wildman–Crippen LogP) is 6.48. The first-order valence-electron chi connectivity index (χ1n) is 32.3. The average molecular weight is 1250 g/mol. The largest absolute Gasteiger partial charge is 0.409 e. The number of unbranched alkanes of at least 4 members (excludes halogenated alkanes) is 1. The van der Waals surface area contributed by atoms with Gasteiger partial charge in [-0.3, -0.25) is 46.2 Å². The first kappa shape index (κ1) is 85.9. The van der Waals surface area contributed by atoms with Gasteiger partial charge >= 0.3 is 0 Å². The second-order valence-corrected chi connectivity index (χ2v) is 22.3. The second kappa shape index (κ2) is 56.0. The molecule has 512 valence electrons. The van der Waals surface area contributed by atoms with Gasteiger partial charge in [0.2, 0.25) is 0 Å². The Morgan fingerprint density at radius 2 is 1.00 bits per heavy atom. The average Bonchev–Trinajstić information content (AvgIpc) is 4.39. The second-order valence-electron chi connectivity index (χ2n) is 22.3. The summed E-state index contributed by atoms with van der Waals surface area (Å²) in [5.41, 5.74) is 5.40. The zero-order chi connectivity index (χ0) is 67.2. The van der Waals surface area contributed by atoms with Crippen molar-refractivity contribution in [3.63, 3.8) is 0 Å². The van der Waals surface area contributed by atoms with Gasteiger partial charge in [0.15, 0.2) is 0 Å². The minimum atomic E-state index is 0.593. The zero-order valence-electron chi connectivity index (χ0n) is 59.5. The van der Waals surface area contributed by atoms with Crippen LogP contribution in [0.25, 0.3) is 0 Å². The normalized spacial score (nSPS) is 17.4. The molecule has 0 aromatic heterocycles. The Hall–Kier alpha value is -6.31. The number of amidine groups is 11. The lowest BCUT2D eigenvalue weighted by molar-refractivity contribution is 0.305. The number of likely N-dealkylation sites (N-methyl/N-ethyl adjacent to an activating group) is 2. The minimum absolute atomic E-state index is 0.593. The smallest absolute Gasteiger partial charge is 0.141 e. The van der Waals surface area contributed by atoms with Crippen molar-refractivity contribution in [2.24, 2.45) is 46.0 Å². The molecule has 0 aromatic carbocycles. The third kappa shape index (κ3) is 47.7. The highest BCUT2D eigenvalue weighted by Crippen LogP contribution is 2.07. The molecule has 0 aliphatic carbocycles. The van der Waals surface area contributed by atoms with Crippen molar-refractivity contribution in [1.29, 1.82) is 16.2 Å². The van der Waals surface area contributed by atoms with E-state index >= 15 is 0 Å². The van der Waals surface area contributed by atoms with Gasteiger partial charge in [0.05, 0.1) is 72.2 Å². The van der Waals surface area contributed by atoms with E-state index in [1.54, 1.807) is 23.6 Å². The lowest BCUT2D eigenvalue weighted by atomic mass is 10.3. The van der Waals surface area contributed by atoms with Crippen molar-refractivity contribution >= 4 is 64.2 Å². The van der Waals surface area contributed by atoms with Crippen LogP contribution < -0.4 is 21.7 Å². The van der Waals surface area contributed by atoms with Gasteiger partial charge in [0, 0.05) is 167 Å². The van der Waals surface area contributed by atoms with E-state index in [4.69, 9.17) is 32.4 Å². The maximum Gasteiger partial charge on any atom is 0.141 e. The van der Waals surface area contributed by atoms with Crippen molar-refractivity contribution in [2.45, 2.75) is 148 Å². The Labute approximate surface area is 536 Å². The summed E-state index contributed by atoms with van der Waals surface area (Å²) < 4.78 is 0. The molecular formula is C62H132N24O2. The highest BCUT2D eigenvalue weighted by Gasteiger charge is 2.13. The van der Waals surface area contributed by atoms with Crippen molar-refractivity contribution < 1.29 is 10.4 Å². The van der Waals surface area contributed by atoms with E-state index in [-0.39, 0.29) is 0 Å². The molecule has 0 spiro atoms. The highest BCUT2D eigenvalue weighted by atomic mass is 16.4. The van der Waals surface area contributed by atoms with Crippen LogP contribution in [0.2, 0.25) is 0 Å². The molecule has 0 unspecified atom stereocenters. The monoisotopic (exact) mass is 1250 g/mol. The van der Waals surface area contributed by atoms with E-state index in [1.165, 1.54) is 75.0 Å². The standard InChI is InChI=1S/C8H19N3.C7H15N3.C7H14N2.C6H12N2O.2C6H12N2.2C5H10N2.C4H10N2O.C4H8N2.C4H10N2/c1-3-4-6-11(7-5-9)8(2)10;1-7(8)10-5-2-3-9-4-6-10;1-3-9-6-4-5-8-7(9)2;1-6(7-9)8-4-2-3-5-8;1-6-7-4-3-5-8(6)2;1-3-8-5-4-7-6(8)2;1-5-6-3-4-7(5)2;1-5-6-3-2-4-7-5;1-4(5-7)6(2)3;1-4-5-2-3-6-4;1-4(5)6(2)3/h10H,3-7,9H2,1-2H3;8-9H,2-6H2,1H3;3-6H2,1-2H3;9H,2-5H2,1H3;2*3-5H2,1-2H3;3-4H2,1-2H3;2-4H2,1H3,(H,6,7);7H,1-3H3;2-3H2,1H3,(H,5,6);5H,1-3H3/b;;;7-6+;;;;;5-4+;;. The van der Waals surface area contributed by atoms with E-state index in [9.17, 15) is 0 Å². The van der Waals surface area contributed by atoms with Crippen LogP contribution in [0.15, 0.2) is 40.3 Å². The number of rotatable bonds is 7. The van der Waals surface area contributed by atoms with E-state index in [0.29, 0.717) is 29.9 Å². The summed E-state index contributed by atoms with van der Waals surface area (Å²) in [7, 11) is 11.5. The summed E-state index contributed by atoms with van der Waals surface area (Å²) >= 11 is 0. The van der Waals surface area contributed by atoms with Crippen LogP contribution in [-0.4, -0.2) is 312 Å². The van der Waals surface area contributed by atoms with Crippen molar-refractivity contribution in [2.75, 3.05) is 193 Å². The SMILES string of the molecule is C/C(=N\O)N(C)C.C/C(=N\O)N1CCCC1.CC(=N)N(C)C.CC(=N)N1CCCNCC1.CC1=NCCCN1.CC1=NCCCN1C.CC1=NCCN1.CC1=NCCN1C.CCCCN(CCN)C(C)=N.CCN1CCCN=C1C.CCN1CCN=C1C. The molecule has 26 heteroatoms. The predicted molar refractivity (Wildman–Crippen MR) is 380 cm³/mol. The molecule has 8 rings (SSSR count). The molecule has 0 aromatic rings. The summed E-state index contributed by atoms with van der Waals surface area (Å²) in [6.45, 7) is 51.3. The third-order valence-corrected chi connectivity index (χ3v) is 14.7. The summed E-state index contributed by atoms with van der Waals surface area (Å²) in [4.78, 5) is 43.8. The maximum atomic E-state index is 8.34. The Morgan fingerprint density at radius 3 is 1.30 bits per heavy atom. The van der Waals surface area contributed by atoms with Crippen LogP contribution in [0.3, 0.4) is 0 Å². The molecule has 0 atom stereocenters. The van der Waals surface area contributed by atoms with Crippen molar-refractivity contribution in [3.8, 4) is 0 Å². The van der Waals surface area contributed by atoms with E-state index < -0.39 is 0 Å². The molecule has 2 fully saturated rings. The van der Waals surface area contributed by atoms with Gasteiger partial charge in [0.25, 0.3) is 0 Å². The molecule has 8 heterocycles. The summed E-state index contributed by atoms with van der Waals surface area (Å²) in [6, 6.07) is 0. The van der Waals surface area contributed by atoms with Crippen molar-refractivity contribution in [3.05, 3.63) is 0 Å². The molecule has 8 aliphatic rings. The molecule has 2 saturated heterocycles. The lowest BCUT2D eigenvalue weighted by Crippen LogP contribution is -2.33. The maximum absolute atomic E-state index is 8.34. The lowest BCUT2D eigenvalue weighted by Gasteiger charge is -2.25. The van der Waals surface area contributed by atoms with Gasteiger partial charge in [-0.15, -0.1) is 0 Å². The molecule has 8 aliphatic heterocycles. The molecule has 0 bridgehead atoms. The van der Waals surface area contributed by atoms with Crippen LogP contribution in [-0.2, 0) is 0 Å². The number of hydrogen-bond acceptors (Lipinski definition) is 21. The summed E-state index contributed by atoms with van der Waals surface area (Å²) in [6.07, 6.45) is 9.58. The Balaban J connectivity index is -0.000000907. The number of aliphatic imine (C=N–C) groups is 6. The van der Waals surface area contributed by atoms with Gasteiger partial charge in [-0.1, -0.05) is 23.7 Å². The summed E-state index contributed by atoms with van der Waals surface area (Å²) in [5.74, 6) is 10.2. The number of likely N-dealkylation sites (tertiary alicyclic amines) is 1. The number of nitrogens with two attached hydrogens (primary N) is 1. The zero-order valence-corrected chi connectivity index (χ0v) is 59.5. The van der Waals surface area contributed by atoms with Crippen molar-refractivity contribution in [1.82, 2.24) is 60.0 Å². The number of nitrogens with one attached hydrogen (secondary N) is 6. The molecule has 88 heavy (non-hydrogen) atoms. The summed E-state index contributed by atoms with van der Waals surface area (Å²) in [5, 5.41) is 53.6. The number of hydrogen-bond donors (Lipinski definition) is 9. The van der Waals surface area contributed by atoms with Gasteiger partial charge in [0.1, 0.15) is 11.7 Å². The van der Waals surface area contributed by atoms with Crippen LogP contribution in [0, 0.1) is 16.2 Å². The van der Waals surface area contributed by atoms with E-state index in [2.05, 4.69) is 141 Å². The van der Waals surface area contributed by atoms with Crippen LogP contribution in [0.4, 0.5) is 0 Å².